The maximum atomic E-state index is 6.11. The molecule has 0 aromatic rings. The third-order valence-corrected chi connectivity index (χ3v) is 4.72. The van der Waals surface area contributed by atoms with Gasteiger partial charge < -0.3 is 10.1 Å². The third-order valence-electron chi connectivity index (χ3n) is 4.72. The second-order valence-electron chi connectivity index (χ2n) is 6.37. The molecule has 0 spiro atoms. The van der Waals surface area contributed by atoms with E-state index in [4.69, 9.17) is 4.74 Å². The van der Waals surface area contributed by atoms with Crippen molar-refractivity contribution in [3.8, 4) is 0 Å². The number of hydrogen-bond acceptors (Lipinski definition) is 2. The second kappa shape index (κ2) is 6.91. The van der Waals surface area contributed by atoms with E-state index >= 15 is 0 Å². The molecule has 0 aromatic carbocycles. The highest BCUT2D eigenvalue weighted by Gasteiger charge is 2.40. The fourth-order valence-corrected chi connectivity index (χ4v) is 3.74. The van der Waals surface area contributed by atoms with Gasteiger partial charge in [-0.25, -0.2) is 0 Å². The van der Waals surface area contributed by atoms with Gasteiger partial charge in [-0.05, 0) is 56.9 Å². The molecule has 0 aliphatic heterocycles. The van der Waals surface area contributed by atoms with Crippen LogP contribution in [-0.4, -0.2) is 25.3 Å². The lowest BCUT2D eigenvalue weighted by Gasteiger charge is -2.38. The average molecular weight is 253 g/mol. The number of likely N-dealkylation sites (N-methyl/N-ethyl adjacent to an activating group) is 1. The molecule has 2 nitrogen and oxygen atoms in total. The summed E-state index contributed by atoms with van der Waals surface area (Å²) < 4.78 is 6.11. The normalized spacial score (nSPS) is 32.2. The van der Waals surface area contributed by atoms with Gasteiger partial charge in [0.05, 0.1) is 6.10 Å². The van der Waals surface area contributed by atoms with Gasteiger partial charge in [-0.15, -0.1) is 0 Å². The molecule has 2 fully saturated rings. The largest absolute Gasteiger partial charge is 0.377 e. The smallest absolute Gasteiger partial charge is 0.0758 e. The molecule has 0 saturated heterocycles. The molecule has 2 saturated carbocycles. The lowest BCUT2D eigenvalue weighted by molar-refractivity contribution is -0.00503. The standard InChI is InChI=1S/C16H31NO/c1-4-17-15(14-8-6-7-12(3)11-14)16(18-5-2)13-9-10-13/h12-17H,4-11H2,1-3H3. The van der Waals surface area contributed by atoms with Crippen LogP contribution in [0.5, 0.6) is 0 Å². The lowest BCUT2D eigenvalue weighted by atomic mass is 9.76. The van der Waals surface area contributed by atoms with Gasteiger partial charge in [0.2, 0.25) is 0 Å². The van der Waals surface area contributed by atoms with Crippen LogP contribution in [0.1, 0.15) is 59.3 Å². The molecule has 0 radical (unpaired) electrons. The SMILES string of the molecule is CCNC(C1CCCC(C)C1)C(OCC)C1CC1. The Bertz CT molecular complexity index is 239. The number of rotatable bonds is 7. The Balaban J connectivity index is 1.99. The Kier molecular flexibility index (Phi) is 5.50. The van der Waals surface area contributed by atoms with Crippen molar-refractivity contribution in [3.63, 3.8) is 0 Å². The molecule has 2 rings (SSSR count). The van der Waals surface area contributed by atoms with Crippen molar-refractivity contribution in [3.05, 3.63) is 0 Å². The van der Waals surface area contributed by atoms with Crippen molar-refractivity contribution in [1.29, 1.82) is 0 Å². The van der Waals surface area contributed by atoms with E-state index in [9.17, 15) is 0 Å². The lowest BCUT2D eigenvalue weighted by Crippen LogP contribution is -2.49. The molecule has 2 aliphatic carbocycles. The Morgan fingerprint density at radius 1 is 1.11 bits per heavy atom. The number of hydrogen-bond donors (Lipinski definition) is 1. The molecule has 2 aliphatic rings. The summed E-state index contributed by atoms with van der Waals surface area (Å²) in [5, 5.41) is 3.75. The first-order chi connectivity index (χ1) is 8.76. The van der Waals surface area contributed by atoms with E-state index in [1.807, 2.05) is 0 Å². The fourth-order valence-electron chi connectivity index (χ4n) is 3.74. The van der Waals surface area contributed by atoms with Crippen LogP contribution in [0, 0.1) is 17.8 Å². The highest BCUT2D eigenvalue weighted by atomic mass is 16.5. The van der Waals surface area contributed by atoms with Crippen molar-refractivity contribution in [2.45, 2.75) is 71.4 Å². The van der Waals surface area contributed by atoms with E-state index in [1.165, 1.54) is 38.5 Å². The predicted octanol–water partition coefficient (Wildman–Crippen LogP) is 3.61. The van der Waals surface area contributed by atoms with Gasteiger partial charge in [0.15, 0.2) is 0 Å². The van der Waals surface area contributed by atoms with Crippen molar-refractivity contribution >= 4 is 0 Å². The molecule has 18 heavy (non-hydrogen) atoms. The maximum absolute atomic E-state index is 6.11. The summed E-state index contributed by atoms with van der Waals surface area (Å²) >= 11 is 0. The van der Waals surface area contributed by atoms with E-state index < -0.39 is 0 Å². The van der Waals surface area contributed by atoms with Crippen molar-refractivity contribution in [1.82, 2.24) is 5.32 Å². The highest BCUT2D eigenvalue weighted by Crippen LogP contribution is 2.40. The van der Waals surface area contributed by atoms with Crippen LogP contribution in [0.4, 0.5) is 0 Å². The molecule has 4 unspecified atom stereocenters. The fraction of sp³-hybridized carbons (Fsp3) is 1.00. The quantitative estimate of drug-likeness (QED) is 0.748. The molecule has 1 N–H and O–H groups in total. The number of ether oxygens (including phenoxy) is 1. The highest BCUT2D eigenvalue weighted by molar-refractivity contribution is 4.94. The van der Waals surface area contributed by atoms with Crippen molar-refractivity contribution in [2.24, 2.45) is 17.8 Å². The van der Waals surface area contributed by atoms with E-state index in [0.717, 1.165) is 30.9 Å². The molecule has 0 amide bonds. The van der Waals surface area contributed by atoms with Gasteiger partial charge in [0.25, 0.3) is 0 Å². The zero-order chi connectivity index (χ0) is 13.0. The van der Waals surface area contributed by atoms with Gasteiger partial charge in [-0.2, -0.15) is 0 Å². The van der Waals surface area contributed by atoms with E-state index in [2.05, 4.69) is 26.1 Å². The minimum Gasteiger partial charge on any atom is -0.377 e. The minimum absolute atomic E-state index is 0.477. The van der Waals surface area contributed by atoms with Crippen LogP contribution in [-0.2, 0) is 4.74 Å². The Labute approximate surface area is 113 Å². The van der Waals surface area contributed by atoms with Gasteiger partial charge in [-0.3, -0.25) is 0 Å². The zero-order valence-electron chi connectivity index (χ0n) is 12.5. The average Bonchev–Trinajstić information content (AvgIpc) is 3.18. The summed E-state index contributed by atoms with van der Waals surface area (Å²) in [6, 6.07) is 0.602. The van der Waals surface area contributed by atoms with Crippen LogP contribution in [0.2, 0.25) is 0 Å². The first-order valence-corrected chi connectivity index (χ1v) is 8.11. The van der Waals surface area contributed by atoms with Crippen LogP contribution < -0.4 is 5.32 Å². The first kappa shape index (κ1) is 14.3. The summed E-state index contributed by atoms with van der Waals surface area (Å²) in [6.45, 7) is 8.73. The summed E-state index contributed by atoms with van der Waals surface area (Å²) in [6.07, 6.45) is 8.89. The van der Waals surface area contributed by atoms with Gasteiger partial charge >= 0.3 is 0 Å². The van der Waals surface area contributed by atoms with Gasteiger partial charge in [-0.1, -0.05) is 26.7 Å². The maximum Gasteiger partial charge on any atom is 0.0758 e. The minimum atomic E-state index is 0.477. The van der Waals surface area contributed by atoms with E-state index in [-0.39, 0.29) is 0 Å². The molecule has 0 heterocycles. The Morgan fingerprint density at radius 2 is 1.89 bits per heavy atom. The summed E-state index contributed by atoms with van der Waals surface area (Å²) in [4.78, 5) is 0. The first-order valence-electron chi connectivity index (χ1n) is 8.11. The molecule has 0 bridgehead atoms. The van der Waals surface area contributed by atoms with Crippen molar-refractivity contribution in [2.75, 3.05) is 13.2 Å². The van der Waals surface area contributed by atoms with E-state index in [0.29, 0.717) is 12.1 Å². The molecule has 0 aromatic heterocycles. The summed E-state index contributed by atoms with van der Waals surface area (Å²) in [5.41, 5.74) is 0. The monoisotopic (exact) mass is 253 g/mol. The Hall–Kier alpha value is -0.0800. The number of nitrogens with one attached hydrogen (secondary N) is 1. The second-order valence-corrected chi connectivity index (χ2v) is 6.37. The Morgan fingerprint density at radius 3 is 2.44 bits per heavy atom. The molecule has 2 heteroatoms. The zero-order valence-corrected chi connectivity index (χ0v) is 12.5. The van der Waals surface area contributed by atoms with Crippen LogP contribution in [0.15, 0.2) is 0 Å². The summed E-state index contributed by atoms with van der Waals surface area (Å²) in [5.74, 6) is 2.59. The molecular formula is C16H31NO. The van der Waals surface area contributed by atoms with Gasteiger partial charge in [0.1, 0.15) is 0 Å². The molecular weight excluding hydrogens is 222 g/mol. The van der Waals surface area contributed by atoms with E-state index in [1.54, 1.807) is 0 Å². The predicted molar refractivity (Wildman–Crippen MR) is 76.7 cm³/mol. The molecule has 4 atom stereocenters. The summed E-state index contributed by atoms with van der Waals surface area (Å²) in [7, 11) is 0. The van der Waals surface area contributed by atoms with Crippen LogP contribution in [0.25, 0.3) is 0 Å². The van der Waals surface area contributed by atoms with Crippen LogP contribution >= 0.6 is 0 Å². The van der Waals surface area contributed by atoms with Crippen LogP contribution in [0.3, 0.4) is 0 Å². The third kappa shape index (κ3) is 3.71. The van der Waals surface area contributed by atoms with Crippen molar-refractivity contribution < 1.29 is 4.74 Å². The topological polar surface area (TPSA) is 21.3 Å². The molecule has 106 valence electrons. The van der Waals surface area contributed by atoms with Gasteiger partial charge in [0, 0.05) is 12.6 Å².